The summed E-state index contributed by atoms with van der Waals surface area (Å²) in [6, 6.07) is 8.19. The molecule has 0 saturated carbocycles. The summed E-state index contributed by atoms with van der Waals surface area (Å²) >= 11 is 11.5. The SMILES string of the molecule is CS(=O)(=O)Nc1ccccc1NC(=O)c1cc(F)c(Cl)cc1Cl. The maximum atomic E-state index is 13.5. The second-order valence-corrected chi connectivity index (χ2v) is 7.18. The summed E-state index contributed by atoms with van der Waals surface area (Å²) in [6.45, 7) is 0. The number of hydrogen-bond acceptors (Lipinski definition) is 3. The topological polar surface area (TPSA) is 75.3 Å². The van der Waals surface area contributed by atoms with Crippen LogP contribution in [0.3, 0.4) is 0 Å². The van der Waals surface area contributed by atoms with Crippen molar-refractivity contribution >= 4 is 50.5 Å². The Bertz CT molecular complexity index is 872. The van der Waals surface area contributed by atoms with Crippen LogP contribution >= 0.6 is 23.2 Å². The van der Waals surface area contributed by atoms with Crippen LogP contribution in [0.5, 0.6) is 0 Å². The Morgan fingerprint density at radius 1 is 1.09 bits per heavy atom. The zero-order chi connectivity index (χ0) is 17.2. The fraction of sp³-hybridized carbons (Fsp3) is 0.0714. The van der Waals surface area contributed by atoms with Crippen molar-refractivity contribution in [2.45, 2.75) is 0 Å². The van der Waals surface area contributed by atoms with Gasteiger partial charge in [-0.2, -0.15) is 0 Å². The minimum atomic E-state index is -3.53. The van der Waals surface area contributed by atoms with E-state index in [1.165, 1.54) is 12.1 Å². The van der Waals surface area contributed by atoms with Crippen LogP contribution in [-0.2, 0) is 10.0 Å². The van der Waals surface area contributed by atoms with E-state index in [1.54, 1.807) is 12.1 Å². The Labute approximate surface area is 142 Å². The smallest absolute Gasteiger partial charge is 0.257 e. The molecule has 0 radical (unpaired) electrons. The van der Waals surface area contributed by atoms with E-state index >= 15 is 0 Å². The van der Waals surface area contributed by atoms with Crippen molar-refractivity contribution in [3.63, 3.8) is 0 Å². The van der Waals surface area contributed by atoms with Crippen LogP contribution in [0.2, 0.25) is 10.0 Å². The number of para-hydroxylation sites is 2. The summed E-state index contributed by atoms with van der Waals surface area (Å²) in [5.74, 6) is -1.49. The first-order valence-electron chi connectivity index (χ1n) is 6.20. The summed E-state index contributed by atoms with van der Waals surface area (Å²) < 4.78 is 38.4. The van der Waals surface area contributed by atoms with Crippen LogP contribution in [0.1, 0.15) is 10.4 Å². The van der Waals surface area contributed by atoms with E-state index in [0.29, 0.717) is 0 Å². The summed E-state index contributed by atoms with van der Waals surface area (Å²) in [5.41, 5.74) is 0.256. The lowest BCUT2D eigenvalue weighted by Crippen LogP contribution is -2.16. The van der Waals surface area contributed by atoms with Crippen molar-refractivity contribution in [3.8, 4) is 0 Å². The monoisotopic (exact) mass is 376 g/mol. The molecule has 0 spiro atoms. The largest absolute Gasteiger partial charge is 0.320 e. The maximum absolute atomic E-state index is 13.5. The van der Waals surface area contributed by atoms with E-state index in [1.807, 2.05) is 0 Å². The first-order valence-corrected chi connectivity index (χ1v) is 8.85. The van der Waals surface area contributed by atoms with E-state index in [-0.39, 0.29) is 27.0 Å². The van der Waals surface area contributed by atoms with Gasteiger partial charge in [-0.25, -0.2) is 12.8 Å². The van der Waals surface area contributed by atoms with Crippen LogP contribution < -0.4 is 10.0 Å². The number of rotatable bonds is 4. The van der Waals surface area contributed by atoms with Crippen LogP contribution in [0.25, 0.3) is 0 Å². The molecule has 0 atom stereocenters. The van der Waals surface area contributed by atoms with Gasteiger partial charge in [0.25, 0.3) is 5.91 Å². The molecule has 0 saturated heterocycles. The molecule has 2 aromatic rings. The zero-order valence-electron chi connectivity index (χ0n) is 11.7. The lowest BCUT2D eigenvalue weighted by molar-refractivity contribution is 0.102. The fourth-order valence-corrected chi connectivity index (χ4v) is 2.81. The standard InChI is InChI=1S/C14H11Cl2FN2O3S/c1-23(21,22)19-13-5-3-2-4-12(13)18-14(20)8-6-11(17)10(16)7-9(8)15/h2-7,19H,1H3,(H,18,20). The van der Waals surface area contributed by atoms with Crippen LogP contribution in [0.4, 0.5) is 15.8 Å². The van der Waals surface area contributed by atoms with Crippen molar-refractivity contribution in [1.82, 2.24) is 0 Å². The molecule has 0 aliphatic heterocycles. The molecule has 0 unspecified atom stereocenters. The van der Waals surface area contributed by atoms with Gasteiger partial charge in [0, 0.05) is 0 Å². The minimum Gasteiger partial charge on any atom is -0.320 e. The molecule has 0 aliphatic rings. The summed E-state index contributed by atoms with van der Waals surface area (Å²) in [7, 11) is -3.53. The van der Waals surface area contributed by atoms with Gasteiger partial charge in [-0.1, -0.05) is 35.3 Å². The first-order chi connectivity index (χ1) is 10.7. The normalized spacial score (nSPS) is 11.1. The summed E-state index contributed by atoms with van der Waals surface area (Å²) in [6.07, 6.45) is 0.983. The van der Waals surface area contributed by atoms with Crippen molar-refractivity contribution in [3.05, 3.63) is 57.8 Å². The predicted molar refractivity (Wildman–Crippen MR) is 89.3 cm³/mol. The molecule has 0 fully saturated rings. The van der Waals surface area contributed by atoms with Crippen molar-refractivity contribution in [2.24, 2.45) is 0 Å². The molecule has 2 rings (SSSR count). The molecule has 122 valence electrons. The average Bonchev–Trinajstić information content (AvgIpc) is 2.43. The lowest BCUT2D eigenvalue weighted by atomic mass is 10.2. The van der Waals surface area contributed by atoms with E-state index in [4.69, 9.17) is 23.2 Å². The summed E-state index contributed by atoms with van der Waals surface area (Å²) in [5, 5.41) is 2.25. The second kappa shape index (κ2) is 6.74. The summed E-state index contributed by atoms with van der Waals surface area (Å²) in [4.78, 5) is 12.2. The van der Waals surface area contributed by atoms with Crippen molar-refractivity contribution in [1.29, 1.82) is 0 Å². The Hall–Kier alpha value is -1.83. The average molecular weight is 377 g/mol. The Kier molecular flexibility index (Phi) is 5.13. The number of sulfonamides is 1. The van der Waals surface area contributed by atoms with E-state index in [0.717, 1.165) is 18.4 Å². The number of halogens is 3. The van der Waals surface area contributed by atoms with Gasteiger partial charge in [-0.05, 0) is 24.3 Å². The van der Waals surface area contributed by atoms with Gasteiger partial charge in [0.05, 0.1) is 33.2 Å². The number of hydrogen-bond donors (Lipinski definition) is 2. The molecule has 5 nitrogen and oxygen atoms in total. The molecule has 0 heterocycles. The van der Waals surface area contributed by atoms with Crippen LogP contribution in [0.15, 0.2) is 36.4 Å². The van der Waals surface area contributed by atoms with Gasteiger partial charge in [0.15, 0.2) is 0 Å². The molecule has 0 aromatic heterocycles. The number of benzene rings is 2. The zero-order valence-corrected chi connectivity index (χ0v) is 14.1. The number of anilines is 2. The van der Waals surface area contributed by atoms with Gasteiger partial charge < -0.3 is 5.32 Å². The first kappa shape index (κ1) is 17.5. The Balaban J connectivity index is 2.33. The third-order valence-corrected chi connectivity index (χ3v) is 3.92. The molecule has 0 bridgehead atoms. The van der Waals surface area contributed by atoms with Gasteiger partial charge >= 0.3 is 0 Å². The quantitative estimate of drug-likeness (QED) is 0.797. The highest BCUT2D eigenvalue weighted by atomic mass is 35.5. The van der Waals surface area contributed by atoms with Crippen LogP contribution in [0, 0.1) is 5.82 Å². The maximum Gasteiger partial charge on any atom is 0.257 e. The van der Waals surface area contributed by atoms with E-state index in [2.05, 4.69) is 10.0 Å². The highest BCUT2D eigenvalue weighted by Gasteiger charge is 2.16. The van der Waals surface area contributed by atoms with E-state index in [9.17, 15) is 17.6 Å². The highest BCUT2D eigenvalue weighted by molar-refractivity contribution is 7.92. The molecule has 0 aliphatic carbocycles. The molecule has 2 aromatic carbocycles. The molecule has 9 heteroatoms. The highest BCUT2D eigenvalue weighted by Crippen LogP contribution is 2.27. The van der Waals surface area contributed by atoms with Crippen molar-refractivity contribution < 1.29 is 17.6 Å². The third-order valence-electron chi connectivity index (χ3n) is 2.73. The molecular formula is C14H11Cl2FN2O3S. The Morgan fingerprint density at radius 3 is 2.30 bits per heavy atom. The fourth-order valence-electron chi connectivity index (χ4n) is 1.77. The van der Waals surface area contributed by atoms with Gasteiger partial charge in [0.2, 0.25) is 10.0 Å². The molecule has 23 heavy (non-hydrogen) atoms. The van der Waals surface area contributed by atoms with Crippen molar-refractivity contribution in [2.75, 3.05) is 16.3 Å². The van der Waals surface area contributed by atoms with Gasteiger partial charge in [-0.3, -0.25) is 9.52 Å². The molecule has 1 amide bonds. The number of carbonyl (C=O) groups is 1. The van der Waals surface area contributed by atoms with E-state index < -0.39 is 21.7 Å². The molecule has 2 N–H and O–H groups in total. The Morgan fingerprint density at radius 2 is 1.70 bits per heavy atom. The predicted octanol–water partition coefficient (Wildman–Crippen LogP) is 3.76. The lowest BCUT2D eigenvalue weighted by Gasteiger charge is -2.12. The second-order valence-electron chi connectivity index (χ2n) is 4.62. The number of amides is 1. The van der Waals surface area contributed by atoms with Crippen LogP contribution in [-0.4, -0.2) is 20.6 Å². The minimum absolute atomic E-state index is 0.0255. The number of carbonyl (C=O) groups excluding carboxylic acids is 1. The number of nitrogens with one attached hydrogen (secondary N) is 2. The molecular weight excluding hydrogens is 366 g/mol. The van der Waals surface area contributed by atoms with Gasteiger partial charge in [-0.15, -0.1) is 0 Å². The third kappa shape index (κ3) is 4.57. The van der Waals surface area contributed by atoms with Gasteiger partial charge in [0.1, 0.15) is 5.82 Å².